The van der Waals surface area contributed by atoms with Gasteiger partial charge in [0.2, 0.25) is 0 Å². The maximum atomic E-state index is 10.8. The smallest absolute Gasteiger partial charge is 0.169 e. The maximum Gasteiger partial charge on any atom is 0.169 e. The Balaban J connectivity index is 1.94. The summed E-state index contributed by atoms with van der Waals surface area (Å²) in [6, 6.07) is 11.3. The van der Waals surface area contributed by atoms with Gasteiger partial charge in [-0.1, -0.05) is 12.1 Å². The van der Waals surface area contributed by atoms with E-state index in [4.69, 9.17) is 9.47 Å². The lowest BCUT2D eigenvalue weighted by Crippen LogP contribution is -2.24. The van der Waals surface area contributed by atoms with Gasteiger partial charge in [0.15, 0.2) is 11.5 Å². The zero-order chi connectivity index (χ0) is 15.0. The predicted molar refractivity (Wildman–Crippen MR) is 81.5 cm³/mol. The first kappa shape index (κ1) is 13.7. The zero-order valence-corrected chi connectivity index (χ0v) is 12.5. The number of hydrogen-bond acceptors (Lipinski definition) is 3. The van der Waals surface area contributed by atoms with E-state index < -0.39 is 0 Å². The third kappa shape index (κ3) is 2.64. The Labute approximate surface area is 124 Å². The summed E-state index contributed by atoms with van der Waals surface area (Å²) >= 11 is 0. The van der Waals surface area contributed by atoms with Crippen molar-refractivity contribution in [2.75, 3.05) is 0 Å². The predicted octanol–water partition coefficient (Wildman–Crippen LogP) is 4.31. The van der Waals surface area contributed by atoms with Crippen molar-refractivity contribution in [1.82, 2.24) is 0 Å². The van der Waals surface area contributed by atoms with Crippen molar-refractivity contribution in [3.05, 3.63) is 53.1 Å². The average molecular weight is 282 g/mol. The van der Waals surface area contributed by atoms with Crippen LogP contribution in [0.3, 0.4) is 0 Å². The monoisotopic (exact) mass is 282 g/mol. The second-order valence-corrected chi connectivity index (χ2v) is 6.03. The topological polar surface area (TPSA) is 35.5 Å². The Hall–Kier alpha value is -2.29. The molecule has 0 unspecified atom stereocenters. The van der Waals surface area contributed by atoms with Crippen LogP contribution in [0.1, 0.15) is 35.3 Å². The lowest BCUT2D eigenvalue weighted by atomic mass is 10.0. The van der Waals surface area contributed by atoms with Gasteiger partial charge in [-0.3, -0.25) is 4.79 Å². The fourth-order valence-electron chi connectivity index (χ4n) is 2.65. The molecule has 0 radical (unpaired) electrons. The van der Waals surface area contributed by atoms with Gasteiger partial charge in [0.05, 0.1) is 0 Å². The Bertz CT molecular complexity index is 702. The Morgan fingerprint density at radius 2 is 2.00 bits per heavy atom. The summed E-state index contributed by atoms with van der Waals surface area (Å²) < 4.78 is 12.0. The summed E-state index contributed by atoms with van der Waals surface area (Å²) in [4.78, 5) is 10.8. The van der Waals surface area contributed by atoms with Crippen LogP contribution in [0.5, 0.6) is 17.2 Å². The van der Waals surface area contributed by atoms with E-state index in [0.717, 1.165) is 35.5 Å². The van der Waals surface area contributed by atoms with Crippen LogP contribution in [-0.2, 0) is 6.42 Å². The van der Waals surface area contributed by atoms with Gasteiger partial charge in [-0.15, -0.1) is 0 Å². The molecule has 0 spiro atoms. The van der Waals surface area contributed by atoms with E-state index in [9.17, 15) is 4.79 Å². The van der Waals surface area contributed by atoms with Crippen molar-refractivity contribution in [2.24, 2.45) is 0 Å². The molecule has 0 saturated heterocycles. The van der Waals surface area contributed by atoms with Crippen molar-refractivity contribution in [3.8, 4) is 17.2 Å². The van der Waals surface area contributed by atoms with E-state index >= 15 is 0 Å². The molecule has 0 saturated carbocycles. The average Bonchev–Trinajstić information content (AvgIpc) is 2.76. The minimum Gasteiger partial charge on any atom is -0.483 e. The zero-order valence-electron chi connectivity index (χ0n) is 12.5. The number of para-hydroxylation sites is 1. The van der Waals surface area contributed by atoms with Crippen molar-refractivity contribution >= 4 is 6.29 Å². The molecule has 0 aromatic heterocycles. The summed E-state index contributed by atoms with van der Waals surface area (Å²) in [6.45, 7) is 6.07. The van der Waals surface area contributed by atoms with E-state index in [1.54, 1.807) is 6.07 Å². The molecule has 0 atom stereocenters. The second kappa shape index (κ2) is 4.92. The number of carbonyl (C=O) groups excluding carboxylic acids is 1. The third-order valence-corrected chi connectivity index (χ3v) is 3.61. The van der Waals surface area contributed by atoms with Crippen LogP contribution < -0.4 is 9.47 Å². The number of fused-ring (bicyclic) bond motifs is 1. The summed E-state index contributed by atoms with van der Waals surface area (Å²) in [5, 5.41) is 0. The van der Waals surface area contributed by atoms with Gasteiger partial charge in [-0.05, 0) is 50.6 Å². The highest BCUT2D eigenvalue weighted by atomic mass is 16.5. The molecule has 0 N–H and O–H groups in total. The van der Waals surface area contributed by atoms with E-state index in [2.05, 4.69) is 19.9 Å². The van der Waals surface area contributed by atoms with Crippen LogP contribution >= 0.6 is 0 Å². The van der Waals surface area contributed by atoms with Gasteiger partial charge in [0.1, 0.15) is 17.6 Å². The number of aryl methyl sites for hydroxylation is 1. The lowest BCUT2D eigenvalue weighted by molar-refractivity contribution is 0.112. The molecule has 1 heterocycles. The van der Waals surface area contributed by atoms with Crippen molar-refractivity contribution in [1.29, 1.82) is 0 Å². The highest BCUT2D eigenvalue weighted by molar-refractivity contribution is 5.75. The van der Waals surface area contributed by atoms with Gasteiger partial charge in [0.25, 0.3) is 0 Å². The number of rotatable bonds is 3. The van der Waals surface area contributed by atoms with Crippen LogP contribution in [-0.4, -0.2) is 11.9 Å². The number of carbonyl (C=O) groups is 1. The van der Waals surface area contributed by atoms with E-state index in [1.807, 2.05) is 31.2 Å². The molecule has 1 aliphatic heterocycles. The lowest BCUT2D eigenvalue weighted by Gasteiger charge is -2.18. The third-order valence-electron chi connectivity index (χ3n) is 3.61. The molecule has 2 aromatic rings. The first-order valence-corrected chi connectivity index (χ1v) is 7.03. The fourth-order valence-corrected chi connectivity index (χ4v) is 2.65. The molecule has 3 heteroatoms. The van der Waals surface area contributed by atoms with Gasteiger partial charge >= 0.3 is 0 Å². The van der Waals surface area contributed by atoms with E-state index in [-0.39, 0.29) is 5.60 Å². The second-order valence-electron chi connectivity index (χ2n) is 6.03. The summed E-state index contributed by atoms with van der Waals surface area (Å²) in [6.07, 6.45) is 1.71. The molecule has 3 rings (SSSR count). The number of benzene rings is 2. The molecule has 3 nitrogen and oxygen atoms in total. The van der Waals surface area contributed by atoms with Crippen molar-refractivity contribution in [2.45, 2.75) is 32.8 Å². The highest BCUT2D eigenvalue weighted by Gasteiger charge is 2.32. The van der Waals surface area contributed by atoms with Crippen LogP contribution in [0.15, 0.2) is 36.4 Å². The van der Waals surface area contributed by atoms with Crippen LogP contribution in [0.4, 0.5) is 0 Å². The number of aldehydes is 1. The largest absolute Gasteiger partial charge is 0.483 e. The molecule has 21 heavy (non-hydrogen) atoms. The van der Waals surface area contributed by atoms with Crippen molar-refractivity contribution in [3.63, 3.8) is 0 Å². The molecule has 0 fully saturated rings. The van der Waals surface area contributed by atoms with Crippen molar-refractivity contribution < 1.29 is 14.3 Å². The van der Waals surface area contributed by atoms with Crippen LogP contribution in [0, 0.1) is 6.92 Å². The summed E-state index contributed by atoms with van der Waals surface area (Å²) in [5.41, 5.74) is 2.54. The molecule has 0 bridgehead atoms. The molecule has 0 amide bonds. The molecular weight excluding hydrogens is 264 g/mol. The van der Waals surface area contributed by atoms with Gasteiger partial charge in [-0.2, -0.15) is 0 Å². The van der Waals surface area contributed by atoms with Crippen LogP contribution in [0.2, 0.25) is 0 Å². The number of hydrogen-bond donors (Lipinski definition) is 0. The molecular formula is C18H18O3. The van der Waals surface area contributed by atoms with Gasteiger partial charge in [0, 0.05) is 17.5 Å². The van der Waals surface area contributed by atoms with E-state index in [1.165, 1.54) is 5.56 Å². The Morgan fingerprint density at radius 3 is 2.71 bits per heavy atom. The Morgan fingerprint density at radius 1 is 1.19 bits per heavy atom. The quantitative estimate of drug-likeness (QED) is 0.787. The minimum absolute atomic E-state index is 0.196. The standard InChI is InChI=1S/C18H18O3/c1-12-9-13(11-19)7-8-15(12)20-16-6-4-5-14-10-18(2,3)21-17(14)16/h4-9,11H,10H2,1-3H3. The summed E-state index contributed by atoms with van der Waals surface area (Å²) in [5.74, 6) is 2.28. The maximum absolute atomic E-state index is 10.8. The van der Waals surface area contributed by atoms with Gasteiger partial charge < -0.3 is 9.47 Å². The molecule has 0 aliphatic carbocycles. The first-order valence-electron chi connectivity index (χ1n) is 7.03. The SMILES string of the molecule is Cc1cc(C=O)ccc1Oc1cccc2c1OC(C)(C)C2. The molecule has 2 aromatic carbocycles. The summed E-state index contributed by atoms with van der Waals surface area (Å²) in [7, 11) is 0. The normalized spacial score (nSPS) is 15.2. The first-order chi connectivity index (χ1) is 9.98. The minimum atomic E-state index is -0.196. The number of ether oxygens (including phenoxy) is 2. The van der Waals surface area contributed by atoms with E-state index in [0.29, 0.717) is 5.56 Å². The molecule has 108 valence electrons. The highest BCUT2D eigenvalue weighted by Crippen LogP contribution is 2.43. The van der Waals surface area contributed by atoms with Gasteiger partial charge in [-0.25, -0.2) is 0 Å². The molecule has 1 aliphatic rings. The van der Waals surface area contributed by atoms with Crippen LogP contribution in [0.25, 0.3) is 0 Å². The Kier molecular flexibility index (Phi) is 3.20. The fraction of sp³-hybridized carbons (Fsp3) is 0.278.